The van der Waals surface area contributed by atoms with Crippen LogP contribution in [0.15, 0.2) is 41.8 Å². The van der Waals surface area contributed by atoms with Crippen LogP contribution in [0.5, 0.6) is 11.5 Å². The van der Waals surface area contributed by atoms with Crippen molar-refractivity contribution < 1.29 is 29.0 Å². The van der Waals surface area contributed by atoms with Crippen LogP contribution in [-0.4, -0.2) is 76.8 Å². The lowest BCUT2D eigenvalue weighted by Gasteiger charge is -2.25. The van der Waals surface area contributed by atoms with Crippen LogP contribution in [0, 0.1) is 5.92 Å². The molecule has 11 nitrogen and oxygen atoms in total. The minimum absolute atomic E-state index is 0.0746. The first kappa shape index (κ1) is 31.2. The maximum atomic E-state index is 13.5. The fourth-order valence-corrected chi connectivity index (χ4v) is 6.20. The highest BCUT2D eigenvalue weighted by Gasteiger charge is 2.60. The molecule has 0 radical (unpaired) electrons. The highest BCUT2D eigenvalue weighted by molar-refractivity contribution is 7.13. The molecule has 0 spiro atoms. The van der Waals surface area contributed by atoms with Crippen molar-refractivity contribution in [1.82, 2.24) is 25.5 Å². The lowest BCUT2D eigenvalue weighted by Crippen LogP contribution is -2.55. The van der Waals surface area contributed by atoms with Crippen LogP contribution >= 0.6 is 11.3 Å². The molecule has 1 saturated carbocycles. The molecule has 2 aromatic heterocycles. The van der Waals surface area contributed by atoms with Gasteiger partial charge in [0.2, 0.25) is 5.91 Å². The number of aromatic nitrogens is 2. The molecule has 5 rings (SSSR count). The quantitative estimate of drug-likeness (QED) is 0.299. The number of thiazole rings is 1. The van der Waals surface area contributed by atoms with E-state index in [1.54, 1.807) is 19.1 Å². The molecule has 3 atom stereocenters. The third-order valence-electron chi connectivity index (χ3n) is 8.16. The number of carboxylic acid groups (broad SMARTS) is 1. The molecule has 2 aliphatic rings. The average Bonchev–Trinajstić information content (AvgIpc) is 3.46. The van der Waals surface area contributed by atoms with Gasteiger partial charge in [-0.1, -0.05) is 26.0 Å². The second-order valence-corrected chi connectivity index (χ2v) is 12.5. The molecule has 3 unspecified atom stereocenters. The number of rotatable bonds is 8. The van der Waals surface area contributed by atoms with Gasteiger partial charge in [0.15, 0.2) is 0 Å². The van der Waals surface area contributed by atoms with Gasteiger partial charge < -0.3 is 30.1 Å². The van der Waals surface area contributed by atoms with Crippen LogP contribution in [0.3, 0.4) is 0 Å². The minimum atomic E-state index is -1.37. The zero-order valence-electron chi connectivity index (χ0n) is 25.5. The molecular weight excluding hydrogens is 582 g/mol. The standard InChI is InChI=1S/C32H39N5O6S/c1-19(2)26-18-44-29(34-26)25-16-27(22-11-10-21(42-4)15-24(22)33-25)43-14-12-23-28(38)36-32(30(39)40)17-20(32)9-7-5-6-8-13-37(3)31(41)35-23/h7,9-11,15-16,18-20,23H,5-6,8,12-14,17H2,1-4H3,(H,35,41)(H,36,38)(H,39,40)/b9-7-. The number of urea groups is 1. The third-order valence-corrected chi connectivity index (χ3v) is 9.05. The van der Waals surface area contributed by atoms with Gasteiger partial charge in [-0.15, -0.1) is 11.3 Å². The van der Waals surface area contributed by atoms with Crippen molar-refractivity contribution in [3.8, 4) is 22.2 Å². The van der Waals surface area contributed by atoms with Crippen molar-refractivity contribution in [2.75, 3.05) is 27.3 Å². The number of hydrogen-bond donors (Lipinski definition) is 3. The van der Waals surface area contributed by atoms with Gasteiger partial charge in [-0.05, 0) is 43.7 Å². The van der Waals surface area contributed by atoms with Gasteiger partial charge in [0, 0.05) is 48.8 Å². The van der Waals surface area contributed by atoms with E-state index in [1.165, 1.54) is 11.3 Å². The van der Waals surface area contributed by atoms with Crippen LogP contribution < -0.4 is 20.1 Å². The lowest BCUT2D eigenvalue weighted by molar-refractivity contribution is -0.143. The largest absolute Gasteiger partial charge is 0.497 e. The second kappa shape index (κ2) is 13.2. The number of nitrogens with one attached hydrogen (secondary N) is 2. The number of carbonyl (C=O) groups is 3. The van der Waals surface area contributed by atoms with Crippen molar-refractivity contribution in [3.63, 3.8) is 0 Å². The van der Waals surface area contributed by atoms with Crippen LogP contribution in [0.25, 0.3) is 21.6 Å². The SMILES string of the molecule is COc1ccc2c(OCCC3NC(=O)N(C)CCCC/C=C\C4CC4(C(=O)O)NC3=O)cc(-c3nc(C(C)C)cs3)nc2c1. The minimum Gasteiger partial charge on any atom is -0.497 e. The number of benzene rings is 1. The fraction of sp³-hybridized carbons (Fsp3) is 0.469. The van der Waals surface area contributed by atoms with Crippen LogP contribution in [-0.2, 0) is 9.59 Å². The van der Waals surface area contributed by atoms with E-state index >= 15 is 0 Å². The number of pyridine rings is 1. The Morgan fingerprint density at radius 1 is 1.23 bits per heavy atom. The fourth-order valence-electron chi connectivity index (χ4n) is 5.26. The number of carbonyl (C=O) groups excluding carboxylic acids is 2. The molecule has 1 fully saturated rings. The molecule has 44 heavy (non-hydrogen) atoms. The molecular formula is C32H39N5O6S. The Balaban J connectivity index is 1.39. The summed E-state index contributed by atoms with van der Waals surface area (Å²) in [5.41, 5.74) is 0.929. The lowest BCUT2D eigenvalue weighted by atomic mass is 10.1. The summed E-state index contributed by atoms with van der Waals surface area (Å²) in [4.78, 5) is 49.8. The summed E-state index contributed by atoms with van der Waals surface area (Å²) in [7, 11) is 3.27. The Morgan fingerprint density at radius 3 is 2.77 bits per heavy atom. The van der Waals surface area contributed by atoms with Crippen molar-refractivity contribution in [1.29, 1.82) is 0 Å². The van der Waals surface area contributed by atoms with E-state index in [4.69, 9.17) is 19.4 Å². The summed E-state index contributed by atoms with van der Waals surface area (Å²) in [5.74, 6) is -0.451. The van der Waals surface area contributed by atoms with Gasteiger partial charge in [0.25, 0.3) is 0 Å². The van der Waals surface area contributed by atoms with Gasteiger partial charge in [-0.25, -0.2) is 19.6 Å². The normalized spacial score (nSPS) is 23.3. The molecule has 1 aliphatic heterocycles. The van der Waals surface area contributed by atoms with Crippen molar-refractivity contribution in [2.24, 2.45) is 5.92 Å². The van der Waals surface area contributed by atoms with Gasteiger partial charge in [-0.3, -0.25) is 4.79 Å². The Labute approximate surface area is 260 Å². The number of carboxylic acids is 1. The number of amides is 3. The van der Waals surface area contributed by atoms with Crippen LogP contribution in [0.4, 0.5) is 4.79 Å². The summed E-state index contributed by atoms with van der Waals surface area (Å²) in [6.07, 6.45) is 6.74. The van der Waals surface area contributed by atoms with Crippen molar-refractivity contribution >= 4 is 40.1 Å². The number of fused-ring (bicyclic) bond motifs is 2. The molecule has 1 aromatic carbocycles. The topological polar surface area (TPSA) is 143 Å². The monoisotopic (exact) mass is 621 g/mol. The van der Waals surface area contributed by atoms with E-state index < -0.39 is 29.5 Å². The van der Waals surface area contributed by atoms with E-state index in [0.717, 1.165) is 35.4 Å². The van der Waals surface area contributed by atoms with E-state index in [-0.39, 0.29) is 24.9 Å². The first-order valence-electron chi connectivity index (χ1n) is 14.9. The van der Waals surface area contributed by atoms with Gasteiger partial charge in [-0.2, -0.15) is 0 Å². The zero-order valence-corrected chi connectivity index (χ0v) is 26.3. The molecule has 3 aromatic rings. The first-order valence-corrected chi connectivity index (χ1v) is 15.8. The molecule has 3 heterocycles. The average molecular weight is 622 g/mol. The Morgan fingerprint density at radius 2 is 2.05 bits per heavy atom. The van der Waals surface area contributed by atoms with Gasteiger partial charge in [0.05, 0.1) is 24.9 Å². The summed E-state index contributed by atoms with van der Waals surface area (Å²) in [6, 6.07) is 5.94. The summed E-state index contributed by atoms with van der Waals surface area (Å²) < 4.78 is 11.7. The van der Waals surface area contributed by atoms with Crippen molar-refractivity contribution in [2.45, 2.75) is 63.5 Å². The number of aliphatic carboxylic acids is 1. The van der Waals surface area contributed by atoms with E-state index in [2.05, 4.69) is 24.5 Å². The van der Waals surface area contributed by atoms with Gasteiger partial charge >= 0.3 is 12.0 Å². The number of ether oxygens (including phenoxy) is 2. The predicted molar refractivity (Wildman–Crippen MR) is 168 cm³/mol. The Kier molecular flexibility index (Phi) is 9.38. The molecule has 0 bridgehead atoms. The number of hydrogen-bond acceptors (Lipinski definition) is 8. The predicted octanol–water partition coefficient (Wildman–Crippen LogP) is 4.97. The Hall–Kier alpha value is -4.19. The summed E-state index contributed by atoms with van der Waals surface area (Å²) in [6.45, 7) is 4.79. The van der Waals surface area contributed by atoms with Gasteiger partial charge in [0.1, 0.15) is 33.8 Å². The molecule has 0 saturated heterocycles. The number of allylic oxidation sites excluding steroid dienone is 1. The summed E-state index contributed by atoms with van der Waals surface area (Å²) in [5, 5.41) is 19.0. The second-order valence-electron chi connectivity index (χ2n) is 11.7. The van der Waals surface area contributed by atoms with E-state index in [0.29, 0.717) is 35.7 Å². The molecule has 234 valence electrons. The maximum absolute atomic E-state index is 13.5. The highest BCUT2D eigenvalue weighted by atomic mass is 32.1. The molecule has 3 amide bonds. The highest BCUT2D eigenvalue weighted by Crippen LogP contribution is 2.45. The smallest absolute Gasteiger partial charge is 0.330 e. The van der Waals surface area contributed by atoms with E-state index in [1.807, 2.05) is 41.8 Å². The molecule has 1 aliphatic carbocycles. The van der Waals surface area contributed by atoms with E-state index in [9.17, 15) is 19.5 Å². The first-order chi connectivity index (χ1) is 21.1. The van der Waals surface area contributed by atoms with Crippen molar-refractivity contribution in [3.05, 3.63) is 47.5 Å². The Bertz CT molecular complexity index is 1570. The maximum Gasteiger partial charge on any atom is 0.330 e. The number of methoxy groups -OCH3 is 1. The zero-order chi connectivity index (χ0) is 31.4. The molecule has 12 heteroatoms. The number of nitrogens with zero attached hydrogens (tertiary/aromatic N) is 3. The summed E-state index contributed by atoms with van der Waals surface area (Å²) >= 11 is 1.51. The van der Waals surface area contributed by atoms with Crippen LogP contribution in [0.2, 0.25) is 0 Å². The van der Waals surface area contributed by atoms with Crippen LogP contribution in [0.1, 0.15) is 57.6 Å². The third kappa shape index (κ3) is 6.80. The molecule has 3 N–H and O–H groups in total.